The van der Waals surface area contributed by atoms with Crippen LogP contribution in [0.5, 0.6) is 0 Å². The van der Waals surface area contributed by atoms with Gasteiger partial charge in [0.1, 0.15) is 6.10 Å². The molecule has 1 aromatic carbocycles. The lowest BCUT2D eigenvalue weighted by Gasteiger charge is -2.60. The van der Waals surface area contributed by atoms with Crippen molar-refractivity contribution in [1.29, 1.82) is 0 Å². The Hall–Kier alpha value is -1.35. The van der Waals surface area contributed by atoms with Gasteiger partial charge in [0, 0.05) is 5.41 Å². The molecule has 4 saturated carbocycles. The first kappa shape index (κ1) is 19.6. The predicted molar refractivity (Wildman–Crippen MR) is 113 cm³/mol. The van der Waals surface area contributed by atoms with Crippen LogP contribution in [0.15, 0.2) is 30.3 Å². The van der Waals surface area contributed by atoms with E-state index in [1.165, 1.54) is 38.5 Å². The van der Waals surface area contributed by atoms with Crippen molar-refractivity contribution in [3.8, 4) is 0 Å². The van der Waals surface area contributed by atoms with E-state index in [2.05, 4.69) is 13.8 Å². The lowest BCUT2D eigenvalue weighted by Crippen LogP contribution is -2.54. The summed E-state index contributed by atoms with van der Waals surface area (Å²) in [5.74, 6) is 2.78. The Balaban J connectivity index is 1.34. The van der Waals surface area contributed by atoms with Gasteiger partial charge >= 0.3 is 5.97 Å². The highest BCUT2D eigenvalue weighted by atomic mass is 16.5. The standard InChI is InChI=1S/C26H36O3/c1-25-14-12-19(27)16-18(25)8-9-20-21-10-11-23(26(21,2)15-13-22(20)25)29-24(28)17-6-4-3-5-7-17/h3-7,18-23,27H,8-16H2,1-2H3/t18-,19+,20+,21-,22+,23-,25-,26-/m0/s1. The summed E-state index contributed by atoms with van der Waals surface area (Å²) in [6.07, 6.45) is 10.4. The zero-order valence-electron chi connectivity index (χ0n) is 18.0. The van der Waals surface area contributed by atoms with Crippen molar-refractivity contribution in [1.82, 2.24) is 0 Å². The number of hydrogen-bond donors (Lipinski definition) is 1. The van der Waals surface area contributed by atoms with Gasteiger partial charge in [0.05, 0.1) is 11.7 Å². The average molecular weight is 397 g/mol. The lowest BCUT2D eigenvalue weighted by molar-refractivity contribution is -0.134. The number of carbonyl (C=O) groups excluding carboxylic acids is 1. The third-order valence-corrected chi connectivity index (χ3v) is 9.81. The summed E-state index contributed by atoms with van der Waals surface area (Å²) in [4.78, 5) is 12.7. The lowest BCUT2D eigenvalue weighted by atomic mass is 9.45. The number of hydrogen-bond acceptors (Lipinski definition) is 3. The number of esters is 1. The molecule has 0 unspecified atom stereocenters. The average Bonchev–Trinajstić information content (AvgIpc) is 3.05. The molecule has 0 aliphatic heterocycles. The number of fused-ring (bicyclic) bond motifs is 5. The molecule has 0 bridgehead atoms. The molecule has 0 spiro atoms. The number of aliphatic hydroxyl groups excluding tert-OH is 1. The minimum absolute atomic E-state index is 0.0554. The largest absolute Gasteiger partial charge is 0.458 e. The third kappa shape index (κ3) is 3.07. The molecule has 0 radical (unpaired) electrons. The topological polar surface area (TPSA) is 46.5 Å². The molecule has 1 aromatic rings. The Kier molecular flexibility index (Phi) is 4.81. The van der Waals surface area contributed by atoms with Gasteiger partial charge in [0.15, 0.2) is 0 Å². The SMILES string of the molecule is C[C@]12CC[C@@H](O)C[C@@H]1CC[C@H]1[C@H]2CC[C@]2(C)[C@@H](OC(=O)c3ccccc3)CC[C@@H]12. The van der Waals surface area contributed by atoms with Crippen LogP contribution < -0.4 is 0 Å². The Morgan fingerprint density at radius 2 is 1.66 bits per heavy atom. The van der Waals surface area contributed by atoms with Gasteiger partial charge in [0.25, 0.3) is 0 Å². The van der Waals surface area contributed by atoms with Crippen molar-refractivity contribution in [2.75, 3.05) is 0 Å². The van der Waals surface area contributed by atoms with Crippen LogP contribution in [0.3, 0.4) is 0 Å². The molecule has 158 valence electrons. The van der Waals surface area contributed by atoms with Crippen LogP contribution in [0.1, 0.15) is 82.0 Å². The summed E-state index contributed by atoms with van der Waals surface area (Å²) in [6.45, 7) is 4.94. The van der Waals surface area contributed by atoms with Crippen molar-refractivity contribution in [3.63, 3.8) is 0 Å². The van der Waals surface area contributed by atoms with E-state index >= 15 is 0 Å². The van der Waals surface area contributed by atoms with E-state index in [0.717, 1.165) is 31.1 Å². The molecule has 8 atom stereocenters. The Bertz CT molecular complexity index is 760. The van der Waals surface area contributed by atoms with Gasteiger partial charge in [-0.25, -0.2) is 4.79 Å². The molecule has 0 aromatic heterocycles. The fourth-order valence-corrected chi connectivity index (χ4v) is 8.15. The van der Waals surface area contributed by atoms with Gasteiger partial charge in [-0.1, -0.05) is 32.0 Å². The quantitative estimate of drug-likeness (QED) is 0.660. The zero-order valence-corrected chi connectivity index (χ0v) is 18.0. The molecule has 3 nitrogen and oxygen atoms in total. The summed E-state index contributed by atoms with van der Waals surface area (Å²) in [7, 11) is 0. The van der Waals surface area contributed by atoms with E-state index in [9.17, 15) is 9.90 Å². The van der Waals surface area contributed by atoms with E-state index in [-0.39, 0.29) is 23.6 Å². The van der Waals surface area contributed by atoms with Crippen molar-refractivity contribution in [2.24, 2.45) is 34.5 Å². The number of rotatable bonds is 2. The van der Waals surface area contributed by atoms with Crippen LogP contribution in [0.4, 0.5) is 0 Å². The first-order valence-electron chi connectivity index (χ1n) is 11.9. The highest BCUT2D eigenvalue weighted by molar-refractivity contribution is 5.89. The van der Waals surface area contributed by atoms with Crippen molar-refractivity contribution < 1.29 is 14.6 Å². The van der Waals surface area contributed by atoms with E-state index in [4.69, 9.17) is 4.74 Å². The predicted octanol–water partition coefficient (Wildman–Crippen LogP) is 5.62. The number of benzene rings is 1. The second kappa shape index (κ2) is 7.11. The Labute approximate surface area is 175 Å². The van der Waals surface area contributed by atoms with Crippen molar-refractivity contribution in [3.05, 3.63) is 35.9 Å². The molecule has 4 aliphatic rings. The van der Waals surface area contributed by atoms with Crippen LogP contribution in [-0.4, -0.2) is 23.3 Å². The highest BCUT2D eigenvalue weighted by Crippen LogP contribution is 2.66. The molecule has 0 saturated heterocycles. The van der Waals surface area contributed by atoms with Crippen LogP contribution >= 0.6 is 0 Å². The molecule has 3 heteroatoms. The summed E-state index contributed by atoms with van der Waals surface area (Å²) in [5, 5.41) is 10.2. The van der Waals surface area contributed by atoms with Gasteiger partial charge in [0.2, 0.25) is 0 Å². The normalized spacial score (nSPS) is 46.3. The van der Waals surface area contributed by atoms with Gasteiger partial charge in [-0.15, -0.1) is 0 Å². The maximum Gasteiger partial charge on any atom is 0.338 e. The fraction of sp³-hybridized carbons (Fsp3) is 0.731. The molecular weight excluding hydrogens is 360 g/mol. The molecule has 29 heavy (non-hydrogen) atoms. The second-order valence-electron chi connectivity index (χ2n) is 11.0. The molecular formula is C26H36O3. The number of carbonyl (C=O) groups is 1. The first-order valence-corrected chi connectivity index (χ1v) is 11.9. The summed E-state index contributed by atoms with van der Waals surface area (Å²) < 4.78 is 6.12. The molecule has 0 heterocycles. The monoisotopic (exact) mass is 396 g/mol. The van der Waals surface area contributed by atoms with Crippen molar-refractivity contribution >= 4 is 5.97 Å². The van der Waals surface area contributed by atoms with Crippen LogP contribution in [-0.2, 0) is 4.74 Å². The molecule has 5 rings (SSSR count). The van der Waals surface area contributed by atoms with Crippen molar-refractivity contribution in [2.45, 2.75) is 83.8 Å². The number of ether oxygens (including phenoxy) is 1. The Morgan fingerprint density at radius 3 is 2.45 bits per heavy atom. The summed E-state index contributed by atoms with van der Waals surface area (Å²) in [5.41, 5.74) is 1.20. The second-order valence-corrected chi connectivity index (χ2v) is 11.0. The van der Waals surface area contributed by atoms with Gasteiger partial charge in [-0.05, 0) is 99.0 Å². The van der Waals surface area contributed by atoms with Gasteiger partial charge in [-0.2, -0.15) is 0 Å². The van der Waals surface area contributed by atoms with E-state index in [1.807, 2.05) is 30.3 Å². The molecule has 0 amide bonds. The summed E-state index contributed by atoms with van der Waals surface area (Å²) in [6, 6.07) is 9.45. The zero-order chi connectivity index (χ0) is 20.2. The molecule has 4 aliphatic carbocycles. The number of aliphatic hydroxyl groups is 1. The summed E-state index contributed by atoms with van der Waals surface area (Å²) >= 11 is 0. The van der Waals surface area contributed by atoms with E-state index in [1.54, 1.807) is 0 Å². The van der Waals surface area contributed by atoms with Gasteiger partial charge < -0.3 is 9.84 Å². The third-order valence-electron chi connectivity index (χ3n) is 9.81. The molecule has 4 fully saturated rings. The van der Waals surface area contributed by atoms with Crippen LogP contribution in [0, 0.1) is 34.5 Å². The minimum atomic E-state index is -0.156. The molecule has 1 N–H and O–H groups in total. The fourth-order valence-electron chi connectivity index (χ4n) is 8.15. The van der Waals surface area contributed by atoms with Crippen LogP contribution in [0.25, 0.3) is 0 Å². The Morgan fingerprint density at radius 1 is 0.931 bits per heavy atom. The first-order chi connectivity index (χ1) is 13.9. The maximum absolute atomic E-state index is 12.7. The minimum Gasteiger partial charge on any atom is -0.458 e. The van der Waals surface area contributed by atoms with E-state index in [0.29, 0.717) is 22.8 Å². The van der Waals surface area contributed by atoms with Crippen LogP contribution in [0.2, 0.25) is 0 Å². The smallest absolute Gasteiger partial charge is 0.338 e. The van der Waals surface area contributed by atoms with E-state index < -0.39 is 0 Å². The maximum atomic E-state index is 12.7. The van der Waals surface area contributed by atoms with Gasteiger partial charge in [-0.3, -0.25) is 0 Å². The highest BCUT2D eigenvalue weighted by Gasteiger charge is 2.61.